The maximum absolute atomic E-state index is 12.3. The van der Waals surface area contributed by atoms with Crippen molar-refractivity contribution >= 4 is 21.6 Å². The molecule has 1 N–H and O–H groups in total. The molecule has 0 aromatic heterocycles. The summed E-state index contributed by atoms with van der Waals surface area (Å²) in [6.07, 6.45) is 5.25. The average Bonchev–Trinajstić information content (AvgIpc) is 2.39. The van der Waals surface area contributed by atoms with Crippen molar-refractivity contribution in [3.05, 3.63) is 29.8 Å². The Morgan fingerprint density at radius 3 is 2.35 bits per heavy atom. The first-order valence-corrected chi connectivity index (χ1v) is 9.18. The van der Waals surface area contributed by atoms with E-state index in [9.17, 15) is 8.42 Å². The van der Waals surface area contributed by atoms with Gasteiger partial charge in [-0.2, -0.15) is 0 Å². The Morgan fingerprint density at radius 1 is 1.25 bits per heavy atom. The van der Waals surface area contributed by atoms with E-state index in [-0.39, 0.29) is 5.41 Å². The van der Waals surface area contributed by atoms with E-state index in [1.807, 2.05) is 12.1 Å². The van der Waals surface area contributed by atoms with Crippen LogP contribution in [0.25, 0.3) is 0 Å². The summed E-state index contributed by atoms with van der Waals surface area (Å²) >= 11 is 5.67. The van der Waals surface area contributed by atoms with E-state index in [1.54, 1.807) is 12.1 Å². The first kappa shape index (κ1) is 15.8. The lowest BCUT2D eigenvalue weighted by atomic mass is 9.67. The molecule has 1 saturated carbocycles. The number of sulfonamides is 1. The third kappa shape index (κ3) is 3.54. The second kappa shape index (κ2) is 6.46. The minimum Gasteiger partial charge on any atom is -0.211 e. The van der Waals surface area contributed by atoms with E-state index < -0.39 is 10.0 Å². The molecule has 0 radical (unpaired) electrons. The smallest absolute Gasteiger partial charge is 0.211 e. The molecule has 20 heavy (non-hydrogen) atoms. The maximum atomic E-state index is 12.3. The van der Waals surface area contributed by atoms with Gasteiger partial charge >= 0.3 is 0 Å². The molecule has 1 aromatic rings. The summed E-state index contributed by atoms with van der Waals surface area (Å²) in [5, 5.41) is 0. The van der Waals surface area contributed by atoms with E-state index in [2.05, 4.69) is 11.6 Å². The van der Waals surface area contributed by atoms with Crippen molar-refractivity contribution in [1.29, 1.82) is 0 Å². The van der Waals surface area contributed by atoms with Crippen molar-refractivity contribution < 1.29 is 8.42 Å². The van der Waals surface area contributed by atoms with E-state index >= 15 is 0 Å². The number of halogens is 1. The highest BCUT2D eigenvalue weighted by atomic mass is 35.5. The van der Waals surface area contributed by atoms with Crippen LogP contribution in [0.4, 0.5) is 0 Å². The van der Waals surface area contributed by atoms with Crippen molar-refractivity contribution in [3.63, 3.8) is 0 Å². The van der Waals surface area contributed by atoms with E-state index in [1.165, 1.54) is 6.42 Å². The minimum atomic E-state index is -3.39. The van der Waals surface area contributed by atoms with Crippen molar-refractivity contribution in [2.45, 2.75) is 43.9 Å². The van der Waals surface area contributed by atoms with E-state index in [0.29, 0.717) is 17.3 Å². The minimum absolute atomic E-state index is 0.186. The van der Waals surface area contributed by atoms with Gasteiger partial charge in [0.15, 0.2) is 0 Å². The Hall–Kier alpha value is -0.580. The van der Waals surface area contributed by atoms with Gasteiger partial charge in [-0.3, -0.25) is 0 Å². The zero-order chi connectivity index (χ0) is 14.6. The Kier molecular flexibility index (Phi) is 5.10. The first-order valence-electron chi connectivity index (χ1n) is 7.16. The van der Waals surface area contributed by atoms with Gasteiger partial charge in [0.25, 0.3) is 0 Å². The van der Waals surface area contributed by atoms with Gasteiger partial charge in [-0.25, -0.2) is 13.1 Å². The fourth-order valence-electron chi connectivity index (χ4n) is 2.61. The van der Waals surface area contributed by atoms with Gasteiger partial charge in [0, 0.05) is 12.4 Å². The SMILES string of the molecule is CCC1(CNS(=O)(=O)c2ccc(CCCl)cc2)CCC1. The van der Waals surface area contributed by atoms with Crippen LogP contribution in [0.15, 0.2) is 29.2 Å². The van der Waals surface area contributed by atoms with Crippen LogP contribution < -0.4 is 4.72 Å². The zero-order valence-corrected chi connectivity index (χ0v) is 13.4. The number of nitrogens with one attached hydrogen (secondary N) is 1. The molecule has 5 heteroatoms. The predicted molar refractivity (Wildman–Crippen MR) is 82.6 cm³/mol. The largest absolute Gasteiger partial charge is 0.240 e. The van der Waals surface area contributed by atoms with Gasteiger partial charge in [-0.05, 0) is 48.8 Å². The van der Waals surface area contributed by atoms with Crippen LogP contribution in [0.5, 0.6) is 0 Å². The van der Waals surface area contributed by atoms with Crippen molar-refractivity contribution in [3.8, 4) is 0 Å². The molecular formula is C15H22ClNO2S. The number of hydrogen-bond donors (Lipinski definition) is 1. The van der Waals surface area contributed by atoms with Crippen LogP contribution in [-0.2, 0) is 16.4 Å². The van der Waals surface area contributed by atoms with E-state index in [4.69, 9.17) is 11.6 Å². The molecule has 0 saturated heterocycles. The standard InChI is InChI=1S/C15H22ClNO2S/c1-2-15(9-3-10-15)12-17-20(18,19)14-6-4-13(5-7-14)8-11-16/h4-7,17H,2-3,8-12H2,1H3. The number of rotatable bonds is 7. The molecule has 0 amide bonds. The fraction of sp³-hybridized carbons (Fsp3) is 0.600. The second-order valence-electron chi connectivity index (χ2n) is 5.61. The van der Waals surface area contributed by atoms with Gasteiger partial charge in [-0.15, -0.1) is 11.6 Å². The van der Waals surface area contributed by atoms with Crippen LogP contribution in [0, 0.1) is 5.41 Å². The molecule has 0 unspecified atom stereocenters. The average molecular weight is 316 g/mol. The topological polar surface area (TPSA) is 46.2 Å². The van der Waals surface area contributed by atoms with Crippen LogP contribution in [0.1, 0.15) is 38.2 Å². The Morgan fingerprint density at radius 2 is 1.90 bits per heavy atom. The number of benzene rings is 1. The maximum Gasteiger partial charge on any atom is 0.240 e. The predicted octanol–water partition coefficient (Wildman–Crippen LogP) is 3.33. The van der Waals surface area contributed by atoms with Gasteiger partial charge in [0.2, 0.25) is 10.0 Å². The zero-order valence-electron chi connectivity index (χ0n) is 11.9. The molecule has 0 spiro atoms. The normalized spacial score (nSPS) is 17.7. The Balaban J connectivity index is 2.02. The summed E-state index contributed by atoms with van der Waals surface area (Å²) in [6, 6.07) is 6.97. The van der Waals surface area contributed by atoms with Gasteiger partial charge < -0.3 is 0 Å². The molecule has 112 valence electrons. The summed E-state index contributed by atoms with van der Waals surface area (Å²) in [5.74, 6) is 0.545. The van der Waals surface area contributed by atoms with Gasteiger partial charge in [-0.1, -0.05) is 25.5 Å². The third-order valence-electron chi connectivity index (χ3n) is 4.42. The summed E-state index contributed by atoms with van der Waals surface area (Å²) in [6.45, 7) is 2.68. The lowest BCUT2D eigenvalue weighted by Crippen LogP contribution is -2.41. The summed E-state index contributed by atoms with van der Waals surface area (Å²) in [5.41, 5.74) is 1.24. The van der Waals surface area contributed by atoms with Crippen molar-refractivity contribution in [2.75, 3.05) is 12.4 Å². The molecule has 2 rings (SSSR count). The van der Waals surface area contributed by atoms with Crippen LogP contribution in [0.3, 0.4) is 0 Å². The monoisotopic (exact) mass is 315 g/mol. The quantitative estimate of drug-likeness (QED) is 0.785. The number of alkyl halides is 1. The molecule has 0 heterocycles. The lowest BCUT2D eigenvalue weighted by molar-refractivity contribution is 0.133. The van der Waals surface area contributed by atoms with Crippen LogP contribution >= 0.6 is 11.6 Å². The highest BCUT2D eigenvalue weighted by Crippen LogP contribution is 2.43. The summed E-state index contributed by atoms with van der Waals surface area (Å²) in [4.78, 5) is 0.335. The molecule has 1 fully saturated rings. The molecular weight excluding hydrogens is 294 g/mol. The molecule has 0 aliphatic heterocycles. The van der Waals surface area contributed by atoms with Crippen LogP contribution in [0.2, 0.25) is 0 Å². The molecule has 1 aromatic carbocycles. The number of aryl methyl sites for hydroxylation is 1. The lowest BCUT2D eigenvalue weighted by Gasteiger charge is -2.41. The Labute approximate surface area is 126 Å². The molecule has 0 bridgehead atoms. The second-order valence-corrected chi connectivity index (χ2v) is 7.76. The van der Waals surface area contributed by atoms with E-state index in [0.717, 1.165) is 31.2 Å². The number of hydrogen-bond acceptors (Lipinski definition) is 2. The summed E-state index contributed by atoms with van der Waals surface area (Å²) in [7, 11) is -3.39. The Bertz CT molecular complexity index is 530. The molecule has 1 aliphatic rings. The molecule has 1 aliphatic carbocycles. The van der Waals surface area contributed by atoms with Gasteiger partial charge in [0.05, 0.1) is 4.90 Å². The van der Waals surface area contributed by atoms with Gasteiger partial charge in [0.1, 0.15) is 0 Å². The third-order valence-corrected chi connectivity index (χ3v) is 6.02. The summed E-state index contributed by atoms with van der Waals surface area (Å²) < 4.78 is 27.3. The van der Waals surface area contributed by atoms with Crippen LogP contribution in [-0.4, -0.2) is 20.8 Å². The van der Waals surface area contributed by atoms with Crippen molar-refractivity contribution in [1.82, 2.24) is 4.72 Å². The fourth-order valence-corrected chi connectivity index (χ4v) is 3.98. The highest BCUT2D eigenvalue weighted by Gasteiger charge is 2.36. The molecule has 3 nitrogen and oxygen atoms in total. The molecule has 0 atom stereocenters. The highest BCUT2D eigenvalue weighted by molar-refractivity contribution is 7.89. The first-order chi connectivity index (χ1) is 9.51. The van der Waals surface area contributed by atoms with Crippen molar-refractivity contribution in [2.24, 2.45) is 5.41 Å².